The van der Waals surface area contributed by atoms with Crippen molar-refractivity contribution in [1.29, 1.82) is 0 Å². The maximum absolute atomic E-state index is 12.6. The van der Waals surface area contributed by atoms with Crippen molar-refractivity contribution >= 4 is 16.3 Å². The number of ether oxygens (including phenoxy) is 2. The van der Waals surface area contributed by atoms with Gasteiger partial charge in [-0.15, -0.1) is 0 Å². The smallest absolute Gasteiger partial charge is 0.422 e. The molecule has 1 saturated heterocycles. The van der Waals surface area contributed by atoms with Crippen molar-refractivity contribution in [3.05, 3.63) is 29.8 Å². The summed E-state index contributed by atoms with van der Waals surface area (Å²) in [5.41, 5.74) is -0.132. The number of carbonyl (C=O) groups excluding carboxylic acids is 1. The quantitative estimate of drug-likeness (QED) is 0.598. The van der Waals surface area contributed by atoms with Crippen LogP contribution in [-0.2, 0) is 20.4 Å². The monoisotopic (exact) mass is 496 g/mol. The molecule has 1 aromatic carbocycles. The summed E-state index contributed by atoms with van der Waals surface area (Å²) in [5, 5.41) is 0. The maximum Gasteiger partial charge on any atom is 0.422 e. The van der Waals surface area contributed by atoms with Gasteiger partial charge in [0.15, 0.2) is 0 Å². The Hall–Kier alpha value is -1.88. The third-order valence-electron chi connectivity index (χ3n) is 6.87. The molecule has 34 heavy (non-hydrogen) atoms. The number of amides is 1. The third-order valence-corrected chi connectivity index (χ3v) is 7.83. The maximum atomic E-state index is 12.6. The Morgan fingerprint density at radius 3 is 2.38 bits per heavy atom. The topological polar surface area (TPSA) is 100 Å². The van der Waals surface area contributed by atoms with Crippen molar-refractivity contribution in [2.24, 2.45) is 0 Å². The molecular formula is C24H40N4O5S. The fourth-order valence-corrected chi connectivity index (χ4v) is 5.71. The molecule has 1 amide bonds. The molecule has 1 aliphatic carbocycles. The van der Waals surface area contributed by atoms with Crippen molar-refractivity contribution in [2.45, 2.75) is 63.5 Å². The Kier molecular flexibility index (Phi) is 8.49. The van der Waals surface area contributed by atoms with E-state index >= 15 is 0 Å². The molecule has 9 nitrogen and oxygen atoms in total. The van der Waals surface area contributed by atoms with Crippen molar-refractivity contribution in [3.8, 4) is 5.75 Å². The van der Waals surface area contributed by atoms with E-state index in [4.69, 9.17) is 9.47 Å². The summed E-state index contributed by atoms with van der Waals surface area (Å²) < 4.78 is 40.4. The Morgan fingerprint density at radius 2 is 1.79 bits per heavy atom. The second-order valence-electron chi connectivity index (χ2n) is 10.5. The molecule has 0 radical (unpaired) electrons. The number of nitrogens with one attached hydrogen (secondary N) is 2. The van der Waals surface area contributed by atoms with Gasteiger partial charge in [0.2, 0.25) is 0 Å². The summed E-state index contributed by atoms with van der Waals surface area (Å²) >= 11 is 0. The van der Waals surface area contributed by atoms with E-state index in [1.807, 2.05) is 29.0 Å². The van der Waals surface area contributed by atoms with Gasteiger partial charge in [0, 0.05) is 44.2 Å². The molecule has 0 spiro atoms. The van der Waals surface area contributed by atoms with E-state index in [0.717, 1.165) is 63.2 Å². The van der Waals surface area contributed by atoms with E-state index in [9.17, 15) is 13.2 Å². The Labute approximate surface area is 204 Å². The average molecular weight is 497 g/mol. The van der Waals surface area contributed by atoms with Crippen LogP contribution in [0.5, 0.6) is 5.75 Å². The van der Waals surface area contributed by atoms with Gasteiger partial charge >= 0.3 is 16.3 Å². The van der Waals surface area contributed by atoms with Crippen LogP contribution in [-0.4, -0.2) is 82.8 Å². The van der Waals surface area contributed by atoms with Gasteiger partial charge in [0.25, 0.3) is 0 Å². The van der Waals surface area contributed by atoms with Crippen molar-refractivity contribution in [3.63, 3.8) is 0 Å². The van der Waals surface area contributed by atoms with E-state index in [2.05, 4.69) is 21.6 Å². The molecular weight excluding hydrogens is 456 g/mol. The van der Waals surface area contributed by atoms with Gasteiger partial charge in [-0.1, -0.05) is 12.1 Å². The highest BCUT2D eigenvalue weighted by molar-refractivity contribution is 7.88. The third kappa shape index (κ3) is 7.31. The summed E-state index contributed by atoms with van der Waals surface area (Å²) in [6, 6.07) is 8.36. The lowest BCUT2D eigenvalue weighted by Gasteiger charge is -2.46. The minimum Gasteiger partial charge on any atom is -0.497 e. The molecule has 192 valence electrons. The van der Waals surface area contributed by atoms with E-state index < -0.39 is 21.9 Å². The normalized spacial score (nSPS) is 25.0. The van der Waals surface area contributed by atoms with Gasteiger partial charge in [-0.3, -0.25) is 4.90 Å². The zero-order valence-corrected chi connectivity index (χ0v) is 21.9. The SMILES string of the molecule is COc1cccc(C2(CNS(=O)(=O)NC(=O)OC(C)(C)C)CCC(N3CCN(C)CC3)CC2)c1. The molecule has 10 heteroatoms. The molecule has 1 aromatic rings. The molecule has 1 heterocycles. The van der Waals surface area contributed by atoms with E-state index in [-0.39, 0.29) is 12.0 Å². The van der Waals surface area contributed by atoms with Crippen LogP contribution in [0.3, 0.4) is 0 Å². The molecule has 2 fully saturated rings. The van der Waals surface area contributed by atoms with Gasteiger partial charge < -0.3 is 14.4 Å². The number of hydrogen-bond donors (Lipinski definition) is 2. The van der Waals surface area contributed by atoms with Crippen LogP contribution in [0.2, 0.25) is 0 Å². The summed E-state index contributed by atoms with van der Waals surface area (Å²) in [7, 11) is -0.292. The lowest BCUT2D eigenvalue weighted by atomic mass is 9.68. The van der Waals surface area contributed by atoms with Crippen LogP contribution in [0, 0.1) is 0 Å². The molecule has 1 saturated carbocycles. The van der Waals surface area contributed by atoms with E-state index in [1.54, 1.807) is 27.9 Å². The molecule has 0 aromatic heterocycles. The van der Waals surface area contributed by atoms with E-state index in [0.29, 0.717) is 6.04 Å². The summed E-state index contributed by atoms with van der Waals surface area (Å²) in [6.07, 6.45) is 2.66. The van der Waals surface area contributed by atoms with Crippen LogP contribution in [0.4, 0.5) is 4.79 Å². The standard InChI is InChI=1S/C24H40N4O5S/c1-23(2,3)33-22(29)26-34(30,31)25-18-24(19-7-6-8-21(17-19)32-5)11-9-20(10-12-24)28-15-13-27(4)14-16-28/h6-8,17,20,25H,9-16,18H2,1-5H3,(H,26,29). The predicted octanol–water partition coefficient (Wildman–Crippen LogP) is 2.48. The van der Waals surface area contributed by atoms with Crippen molar-refractivity contribution < 1.29 is 22.7 Å². The number of carbonyl (C=O) groups is 1. The number of rotatable bonds is 7. The first-order valence-corrected chi connectivity index (χ1v) is 13.5. The second kappa shape index (κ2) is 10.8. The zero-order valence-electron chi connectivity index (χ0n) is 21.1. The first kappa shape index (κ1) is 26.7. The van der Waals surface area contributed by atoms with Crippen LogP contribution in [0.1, 0.15) is 52.0 Å². The van der Waals surface area contributed by atoms with Crippen molar-refractivity contribution in [2.75, 3.05) is 46.9 Å². The lowest BCUT2D eigenvalue weighted by molar-refractivity contribution is 0.0569. The number of piperazine rings is 1. The molecule has 1 aliphatic heterocycles. The van der Waals surface area contributed by atoms with Gasteiger partial charge in [0.05, 0.1) is 7.11 Å². The van der Waals surface area contributed by atoms with Crippen molar-refractivity contribution in [1.82, 2.24) is 19.2 Å². The highest BCUT2D eigenvalue weighted by Gasteiger charge is 2.40. The Morgan fingerprint density at radius 1 is 1.15 bits per heavy atom. The van der Waals surface area contributed by atoms with Crippen LogP contribution < -0.4 is 14.2 Å². The summed E-state index contributed by atoms with van der Waals surface area (Å²) in [5.74, 6) is 0.743. The zero-order chi connectivity index (χ0) is 25.0. The summed E-state index contributed by atoms with van der Waals surface area (Å²) in [6.45, 7) is 9.53. The number of hydrogen-bond acceptors (Lipinski definition) is 7. The number of likely N-dealkylation sites (N-methyl/N-ethyl adjacent to an activating group) is 1. The van der Waals surface area contributed by atoms with Gasteiger partial charge in [-0.25, -0.2) is 9.52 Å². The highest BCUT2D eigenvalue weighted by Crippen LogP contribution is 2.41. The number of nitrogens with zero attached hydrogens (tertiary/aromatic N) is 2. The first-order chi connectivity index (χ1) is 15.9. The summed E-state index contributed by atoms with van der Waals surface area (Å²) in [4.78, 5) is 16.9. The lowest BCUT2D eigenvalue weighted by Crippen LogP contribution is -2.53. The first-order valence-electron chi connectivity index (χ1n) is 12.0. The number of methoxy groups -OCH3 is 1. The molecule has 3 rings (SSSR count). The fraction of sp³-hybridized carbons (Fsp3) is 0.708. The predicted molar refractivity (Wildman–Crippen MR) is 132 cm³/mol. The highest BCUT2D eigenvalue weighted by atomic mass is 32.2. The number of benzene rings is 1. The fourth-order valence-electron chi connectivity index (χ4n) is 4.91. The largest absolute Gasteiger partial charge is 0.497 e. The molecule has 2 N–H and O–H groups in total. The molecule has 0 bridgehead atoms. The Balaban J connectivity index is 1.73. The van der Waals surface area contributed by atoms with Crippen LogP contribution in [0.25, 0.3) is 0 Å². The van der Waals surface area contributed by atoms with Gasteiger partial charge in [0.1, 0.15) is 11.4 Å². The molecule has 0 atom stereocenters. The van der Waals surface area contributed by atoms with E-state index in [1.165, 1.54) is 0 Å². The average Bonchev–Trinajstić information content (AvgIpc) is 2.77. The second-order valence-corrected chi connectivity index (χ2v) is 12.0. The minimum atomic E-state index is -4.08. The molecule has 2 aliphatic rings. The Bertz CT molecular complexity index is 931. The minimum absolute atomic E-state index is 0.188. The van der Waals surface area contributed by atoms with Crippen LogP contribution >= 0.6 is 0 Å². The van der Waals surface area contributed by atoms with Crippen LogP contribution in [0.15, 0.2) is 24.3 Å². The van der Waals surface area contributed by atoms with Gasteiger partial charge in [-0.2, -0.15) is 13.1 Å². The molecule has 0 unspecified atom stereocenters. The van der Waals surface area contributed by atoms with Gasteiger partial charge in [-0.05, 0) is 71.2 Å².